The van der Waals surface area contributed by atoms with Crippen LogP contribution in [0.2, 0.25) is 0 Å². The van der Waals surface area contributed by atoms with E-state index in [9.17, 15) is 14.4 Å². The van der Waals surface area contributed by atoms with Gasteiger partial charge in [-0.15, -0.1) is 0 Å². The highest BCUT2D eigenvalue weighted by atomic mass is 16.5. The van der Waals surface area contributed by atoms with Gasteiger partial charge in [0.25, 0.3) is 0 Å². The van der Waals surface area contributed by atoms with Gasteiger partial charge < -0.3 is 26.0 Å². The Labute approximate surface area is 189 Å². The molecule has 5 atom stereocenters. The standard InChI is InChI=1S/C24H34N4O4/c1-5-15(4)20-22(29)26-12-10-16-6-8-17(9-7-16)32-18-11-13-28(21(18)23(30)27-20)24(31)19(25)14(2)3/h6-10,12,14-15,18-21H,5,11,13,25H2,1-4H3,(H,26,29)(H,27,30)/t15-,18+,19-,20-,21+/m0/s1. The van der Waals surface area contributed by atoms with Gasteiger partial charge in [-0.05, 0) is 35.6 Å². The first-order chi connectivity index (χ1) is 15.2. The second-order valence-electron chi connectivity index (χ2n) is 8.97. The molecule has 3 aliphatic rings. The van der Waals surface area contributed by atoms with Gasteiger partial charge in [-0.1, -0.05) is 46.2 Å². The van der Waals surface area contributed by atoms with Crippen LogP contribution in [0.5, 0.6) is 5.75 Å². The Morgan fingerprint density at radius 1 is 1.19 bits per heavy atom. The molecule has 0 saturated carbocycles. The minimum absolute atomic E-state index is 0.0676. The summed E-state index contributed by atoms with van der Waals surface area (Å²) in [5.41, 5.74) is 7.03. The molecule has 4 rings (SSSR count). The maximum absolute atomic E-state index is 13.5. The molecular formula is C24H34N4O4. The fraction of sp³-hybridized carbons (Fsp3) is 0.542. The maximum atomic E-state index is 13.5. The lowest BCUT2D eigenvalue weighted by molar-refractivity contribution is -0.143. The third-order valence-corrected chi connectivity index (χ3v) is 6.36. The summed E-state index contributed by atoms with van der Waals surface area (Å²) >= 11 is 0. The minimum Gasteiger partial charge on any atom is -0.488 e. The summed E-state index contributed by atoms with van der Waals surface area (Å²) in [5, 5.41) is 5.66. The van der Waals surface area contributed by atoms with Gasteiger partial charge in [0.15, 0.2) is 0 Å². The number of hydrogen-bond acceptors (Lipinski definition) is 5. The molecule has 8 nitrogen and oxygen atoms in total. The number of benzene rings is 1. The van der Waals surface area contributed by atoms with Crippen molar-refractivity contribution in [1.82, 2.24) is 15.5 Å². The predicted octanol–water partition coefficient (Wildman–Crippen LogP) is 1.65. The van der Waals surface area contributed by atoms with Crippen molar-refractivity contribution in [2.45, 2.75) is 64.8 Å². The first kappa shape index (κ1) is 23.8. The van der Waals surface area contributed by atoms with E-state index in [2.05, 4.69) is 10.6 Å². The Bertz CT molecular complexity index is 867. The van der Waals surface area contributed by atoms with Crippen molar-refractivity contribution in [1.29, 1.82) is 0 Å². The van der Waals surface area contributed by atoms with Crippen molar-refractivity contribution >= 4 is 23.8 Å². The van der Waals surface area contributed by atoms with Crippen LogP contribution >= 0.6 is 0 Å². The predicted molar refractivity (Wildman–Crippen MR) is 122 cm³/mol. The Morgan fingerprint density at radius 3 is 2.50 bits per heavy atom. The highest BCUT2D eigenvalue weighted by Gasteiger charge is 2.46. The molecule has 3 heterocycles. The molecule has 0 aliphatic carbocycles. The van der Waals surface area contributed by atoms with Crippen molar-refractivity contribution in [2.24, 2.45) is 17.6 Å². The zero-order valence-corrected chi connectivity index (χ0v) is 19.2. The number of carbonyl (C=O) groups excluding carboxylic acids is 3. The van der Waals surface area contributed by atoms with Crippen LogP contribution in [0.25, 0.3) is 6.08 Å². The largest absolute Gasteiger partial charge is 0.488 e. The van der Waals surface area contributed by atoms with E-state index in [4.69, 9.17) is 10.5 Å². The molecule has 1 saturated heterocycles. The van der Waals surface area contributed by atoms with Crippen molar-refractivity contribution in [2.75, 3.05) is 6.54 Å². The van der Waals surface area contributed by atoms with Gasteiger partial charge in [-0.25, -0.2) is 0 Å². The summed E-state index contributed by atoms with van der Waals surface area (Å²) in [6.07, 6.45) is 4.02. The van der Waals surface area contributed by atoms with E-state index in [0.29, 0.717) is 25.1 Å². The van der Waals surface area contributed by atoms with Crippen molar-refractivity contribution in [3.8, 4) is 5.75 Å². The van der Waals surface area contributed by atoms with Crippen LogP contribution in [0.4, 0.5) is 0 Å². The van der Waals surface area contributed by atoms with Crippen molar-refractivity contribution in [3.05, 3.63) is 36.0 Å². The van der Waals surface area contributed by atoms with Crippen LogP contribution in [-0.2, 0) is 14.4 Å². The third-order valence-electron chi connectivity index (χ3n) is 6.36. The quantitative estimate of drug-likeness (QED) is 0.656. The average Bonchev–Trinajstić information content (AvgIpc) is 3.19. The number of carbonyl (C=O) groups is 3. The lowest BCUT2D eigenvalue weighted by atomic mass is 9.97. The lowest BCUT2D eigenvalue weighted by Crippen LogP contribution is -2.59. The van der Waals surface area contributed by atoms with E-state index in [-0.39, 0.29) is 23.7 Å². The first-order valence-corrected chi connectivity index (χ1v) is 11.3. The van der Waals surface area contributed by atoms with Gasteiger partial charge in [0.05, 0.1) is 6.04 Å². The molecule has 1 aromatic carbocycles. The Hall–Kier alpha value is -2.87. The van der Waals surface area contributed by atoms with Gasteiger partial charge >= 0.3 is 0 Å². The molecule has 174 valence electrons. The van der Waals surface area contributed by atoms with Gasteiger partial charge in [0.1, 0.15) is 23.9 Å². The normalized spacial score (nSPS) is 25.4. The minimum atomic E-state index is -0.871. The summed E-state index contributed by atoms with van der Waals surface area (Å²) < 4.78 is 6.16. The fourth-order valence-electron chi connectivity index (χ4n) is 4.00. The topological polar surface area (TPSA) is 114 Å². The number of nitrogens with two attached hydrogens (primary N) is 1. The van der Waals surface area contributed by atoms with Gasteiger partial charge in [-0.3, -0.25) is 14.4 Å². The molecule has 0 unspecified atom stereocenters. The number of rotatable bonds is 4. The zero-order valence-electron chi connectivity index (χ0n) is 19.2. The Morgan fingerprint density at radius 2 is 1.88 bits per heavy atom. The first-order valence-electron chi connectivity index (χ1n) is 11.3. The van der Waals surface area contributed by atoms with Crippen molar-refractivity contribution < 1.29 is 19.1 Å². The van der Waals surface area contributed by atoms with Crippen LogP contribution in [0.15, 0.2) is 30.5 Å². The molecule has 3 amide bonds. The molecule has 1 fully saturated rings. The molecule has 8 heteroatoms. The molecule has 32 heavy (non-hydrogen) atoms. The second-order valence-corrected chi connectivity index (χ2v) is 8.97. The van der Waals surface area contributed by atoms with Gasteiger partial charge in [-0.2, -0.15) is 0 Å². The number of nitrogens with zero attached hydrogens (tertiary/aromatic N) is 1. The Balaban J connectivity index is 1.98. The van der Waals surface area contributed by atoms with Crippen molar-refractivity contribution in [3.63, 3.8) is 0 Å². The van der Waals surface area contributed by atoms with E-state index in [1.54, 1.807) is 12.3 Å². The second kappa shape index (κ2) is 10.2. The van der Waals surface area contributed by atoms with E-state index in [0.717, 1.165) is 5.56 Å². The maximum Gasteiger partial charge on any atom is 0.247 e. The number of likely N-dealkylation sites (tertiary alicyclic amines) is 1. The molecule has 4 N–H and O–H groups in total. The van der Waals surface area contributed by atoms with Crippen LogP contribution < -0.4 is 21.1 Å². The van der Waals surface area contributed by atoms with E-state index < -0.39 is 30.1 Å². The summed E-state index contributed by atoms with van der Waals surface area (Å²) in [4.78, 5) is 41.0. The molecule has 0 spiro atoms. The third kappa shape index (κ3) is 5.12. The van der Waals surface area contributed by atoms with Crippen LogP contribution in [0.3, 0.4) is 0 Å². The van der Waals surface area contributed by atoms with E-state index >= 15 is 0 Å². The molecule has 2 bridgehead atoms. The average molecular weight is 443 g/mol. The molecular weight excluding hydrogens is 408 g/mol. The smallest absolute Gasteiger partial charge is 0.247 e. The monoisotopic (exact) mass is 442 g/mol. The highest BCUT2D eigenvalue weighted by molar-refractivity contribution is 5.94. The molecule has 3 aliphatic heterocycles. The summed E-state index contributed by atoms with van der Waals surface area (Å²) in [6.45, 7) is 7.99. The number of nitrogens with one attached hydrogen (secondary N) is 2. The van der Waals surface area contributed by atoms with Crippen LogP contribution in [0.1, 0.15) is 46.1 Å². The summed E-state index contributed by atoms with van der Waals surface area (Å²) in [7, 11) is 0. The van der Waals surface area contributed by atoms with Gasteiger partial charge in [0, 0.05) is 19.2 Å². The Kier molecular flexibility index (Phi) is 7.56. The highest BCUT2D eigenvalue weighted by Crippen LogP contribution is 2.26. The van der Waals surface area contributed by atoms with E-state index in [1.165, 1.54) is 4.90 Å². The molecule has 0 aromatic heterocycles. The zero-order chi connectivity index (χ0) is 23.4. The van der Waals surface area contributed by atoms with Gasteiger partial charge in [0.2, 0.25) is 17.7 Å². The lowest BCUT2D eigenvalue weighted by Gasteiger charge is -2.32. The summed E-state index contributed by atoms with van der Waals surface area (Å²) in [5.74, 6) is -0.537. The summed E-state index contributed by atoms with van der Waals surface area (Å²) in [6, 6.07) is 5.05. The number of hydrogen-bond donors (Lipinski definition) is 3. The fourth-order valence-corrected chi connectivity index (χ4v) is 4.00. The van der Waals surface area contributed by atoms with E-state index in [1.807, 2.05) is 52.0 Å². The number of ether oxygens (including phenoxy) is 1. The SMILES string of the molecule is CC[C@H](C)[C@@H]1NC(=O)[C@H]2[C@@H](CCN2C(=O)[C@@H](N)C(C)C)Oc2ccc(cc2)C=CNC1=O. The van der Waals surface area contributed by atoms with Crippen LogP contribution in [0, 0.1) is 11.8 Å². The molecule has 0 radical (unpaired) electrons. The molecule has 1 aromatic rings. The number of amides is 3. The van der Waals surface area contributed by atoms with Crippen LogP contribution in [-0.4, -0.2) is 53.4 Å². The number of fused-ring (bicyclic) bond motifs is 7.